The molecule has 0 aromatic heterocycles. The maximum atomic E-state index is 6.83. The molecule has 0 heteroatoms. The first-order valence-corrected chi connectivity index (χ1v) is 1.96. The minimum Gasteiger partial charge on any atom is -0.0617 e. The summed E-state index contributed by atoms with van der Waals surface area (Å²) in [4.78, 5) is 0. The molecule has 1 saturated carbocycles. The normalized spacial score (nSPS) is 22.0. The third kappa shape index (κ3) is 0.344. The molecule has 5 heavy (non-hydrogen) atoms. The van der Waals surface area contributed by atoms with Gasteiger partial charge in [0.15, 0.2) is 0 Å². The molecule has 0 amide bonds. The van der Waals surface area contributed by atoms with Crippen molar-refractivity contribution in [1.82, 2.24) is 0 Å². The largest absolute Gasteiger partial charge is 0.0617 e. The lowest BCUT2D eigenvalue weighted by molar-refractivity contribution is 0.664. The highest BCUT2D eigenvalue weighted by atomic mass is 14.1. The highest BCUT2D eigenvalue weighted by Crippen LogP contribution is 2.21. The molecule has 1 fully saturated rings. The van der Waals surface area contributed by atoms with Crippen LogP contribution in [0.1, 0.15) is 19.3 Å². The number of hydrogen-bond acceptors (Lipinski definition) is 0. The average molecular weight is 66.1 g/mol. The van der Waals surface area contributed by atoms with Crippen molar-refractivity contribution in [3.05, 3.63) is 12.2 Å². The summed E-state index contributed by atoms with van der Waals surface area (Å²) >= 11 is 0. The van der Waals surface area contributed by atoms with Gasteiger partial charge in [-0.15, -0.1) is 0 Å². The van der Waals surface area contributed by atoms with Crippen molar-refractivity contribution in [2.24, 2.45) is 0 Å². The molecular weight excluding hydrogens is 60.1 g/mol. The van der Waals surface area contributed by atoms with Gasteiger partial charge in [0.25, 0.3) is 0 Å². The van der Waals surface area contributed by atoms with Gasteiger partial charge < -0.3 is 0 Å². The first-order chi connectivity index (χ1) is 2.39. The standard InChI is InChI=1S/C5H6/c1-5-3-2-4-5/h2-4H2. The molecule has 0 nitrogen and oxygen atoms in total. The molecule has 2 radical (unpaired) electrons. The van der Waals surface area contributed by atoms with E-state index in [2.05, 4.69) is 0 Å². The van der Waals surface area contributed by atoms with Crippen LogP contribution in [0, 0.1) is 6.58 Å². The quantitative estimate of drug-likeness (QED) is 0.401. The van der Waals surface area contributed by atoms with Crippen molar-refractivity contribution in [2.45, 2.75) is 19.3 Å². The predicted molar refractivity (Wildman–Crippen MR) is 20.6 cm³/mol. The van der Waals surface area contributed by atoms with Crippen molar-refractivity contribution in [3.8, 4) is 0 Å². The molecule has 1 rings (SSSR count). The molecule has 0 spiro atoms. The predicted octanol–water partition coefficient (Wildman–Crippen LogP) is 1.41. The van der Waals surface area contributed by atoms with E-state index >= 15 is 0 Å². The van der Waals surface area contributed by atoms with E-state index in [9.17, 15) is 0 Å². The minimum absolute atomic E-state index is 0.935. The Morgan fingerprint density at radius 1 is 1.40 bits per heavy atom. The van der Waals surface area contributed by atoms with E-state index in [1.54, 1.807) is 0 Å². The average Bonchev–Trinajstić information content (AvgIpc) is 1.30. The molecule has 0 saturated heterocycles. The Balaban J connectivity index is 2.32. The summed E-state index contributed by atoms with van der Waals surface area (Å²) in [5.41, 5.74) is 0.935. The van der Waals surface area contributed by atoms with Gasteiger partial charge in [-0.1, -0.05) is 5.57 Å². The summed E-state index contributed by atoms with van der Waals surface area (Å²) in [6, 6.07) is 0. The fraction of sp³-hybridized carbons (Fsp3) is 0.600. The molecule has 0 N–H and O–H groups in total. The molecule has 0 aliphatic heterocycles. The lowest BCUT2D eigenvalue weighted by Crippen LogP contribution is -1.92. The van der Waals surface area contributed by atoms with Crippen LogP contribution in [0.25, 0.3) is 0 Å². The smallest absolute Gasteiger partial charge is 0.0108 e. The van der Waals surface area contributed by atoms with Gasteiger partial charge in [-0.2, -0.15) is 0 Å². The Morgan fingerprint density at radius 2 is 1.80 bits per heavy atom. The molecule has 0 unspecified atom stereocenters. The lowest BCUT2D eigenvalue weighted by Gasteiger charge is -2.11. The summed E-state index contributed by atoms with van der Waals surface area (Å²) in [5, 5.41) is 0. The number of rotatable bonds is 0. The van der Waals surface area contributed by atoms with Gasteiger partial charge in [-0.05, 0) is 25.8 Å². The van der Waals surface area contributed by atoms with Crippen LogP contribution in [-0.2, 0) is 0 Å². The van der Waals surface area contributed by atoms with Crippen LogP contribution in [0.2, 0.25) is 0 Å². The maximum absolute atomic E-state index is 6.83. The van der Waals surface area contributed by atoms with Gasteiger partial charge >= 0.3 is 0 Å². The SMILES string of the molecule is [C]=C1CCC1. The maximum Gasteiger partial charge on any atom is -0.0108 e. The third-order valence-corrected chi connectivity index (χ3v) is 0.957. The van der Waals surface area contributed by atoms with Crippen molar-refractivity contribution >= 4 is 0 Å². The highest BCUT2D eigenvalue weighted by Gasteiger charge is 2.02. The minimum atomic E-state index is 0.935. The van der Waals surface area contributed by atoms with Crippen molar-refractivity contribution in [1.29, 1.82) is 0 Å². The molecule has 0 bridgehead atoms. The fourth-order valence-electron chi connectivity index (χ4n) is 0.354. The van der Waals surface area contributed by atoms with Gasteiger partial charge in [-0.3, -0.25) is 0 Å². The van der Waals surface area contributed by atoms with Gasteiger partial charge in [0, 0.05) is 0 Å². The second-order valence-corrected chi connectivity index (χ2v) is 1.46. The van der Waals surface area contributed by atoms with Crippen molar-refractivity contribution in [2.75, 3.05) is 0 Å². The molecule has 1 aliphatic rings. The molecule has 0 aromatic carbocycles. The Kier molecular flexibility index (Phi) is 0.503. The summed E-state index contributed by atoms with van der Waals surface area (Å²) in [6.45, 7) is 6.83. The van der Waals surface area contributed by atoms with Crippen LogP contribution >= 0.6 is 0 Å². The van der Waals surface area contributed by atoms with Gasteiger partial charge in [0.2, 0.25) is 0 Å². The number of allylic oxidation sites excluding steroid dienone is 1. The first kappa shape index (κ1) is 2.95. The van der Waals surface area contributed by atoms with E-state index in [1.807, 2.05) is 0 Å². The van der Waals surface area contributed by atoms with Gasteiger partial charge in [0.05, 0.1) is 0 Å². The zero-order chi connectivity index (χ0) is 3.70. The summed E-state index contributed by atoms with van der Waals surface area (Å²) in [5.74, 6) is 0. The van der Waals surface area contributed by atoms with Crippen LogP contribution in [0.4, 0.5) is 0 Å². The molecule has 0 heterocycles. The molecular formula is C5H6. The van der Waals surface area contributed by atoms with Crippen LogP contribution in [0.5, 0.6) is 0 Å². The summed E-state index contributed by atoms with van der Waals surface area (Å²) in [7, 11) is 0. The Morgan fingerprint density at radius 3 is 1.80 bits per heavy atom. The Labute approximate surface area is 32.5 Å². The van der Waals surface area contributed by atoms with E-state index in [0.29, 0.717) is 0 Å². The lowest BCUT2D eigenvalue weighted by atomic mass is 9.95. The van der Waals surface area contributed by atoms with Crippen molar-refractivity contribution < 1.29 is 0 Å². The second kappa shape index (κ2) is 0.852. The number of hydrogen-bond donors (Lipinski definition) is 0. The van der Waals surface area contributed by atoms with E-state index in [-0.39, 0.29) is 0 Å². The Hall–Kier alpha value is -0.260. The highest BCUT2D eigenvalue weighted by molar-refractivity contribution is 4.99. The third-order valence-electron chi connectivity index (χ3n) is 0.957. The molecule has 0 aromatic rings. The monoisotopic (exact) mass is 66.0 g/mol. The fourth-order valence-corrected chi connectivity index (χ4v) is 0.354. The van der Waals surface area contributed by atoms with Gasteiger partial charge in [-0.25, -0.2) is 0 Å². The van der Waals surface area contributed by atoms with Crippen LogP contribution in [-0.4, -0.2) is 0 Å². The molecule has 0 atom stereocenters. The van der Waals surface area contributed by atoms with Crippen LogP contribution in [0.15, 0.2) is 5.57 Å². The zero-order valence-corrected chi connectivity index (χ0v) is 3.12. The second-order valence-electron chi connectivity index (χ2n) is 1.46. The van der Waals surface area contributed by atoms with Crippen LogP contribution < -0.4 is 0 Å². The van der Waals surface area contributed by atoms with Gasteiger partial charge in [0.1, 0.15) is 0 Å². The van der Waals surface area contributed by atoms with E-state index in [1.165, 1.54) is 6.42 Å². The van der Waals surface area contributed by atoms with E-state index in [4.69, 9.17) is 6.58 Å². The first-order valence-electron chi connectivity index (χ1n) is 1.96. The molecule has 26 valence electrons. The van der Waals surface area contributed by atoms with Crippen LogP contribution in [0.3, 0.4) is 0 Å². The summed E-state index contributed by atoms with van der Waals surface area (Å²) < 4.78 is 0. The summed E-state index contributed by atoms with van der Waals surface area (Å²) in [6.07, 6.45) is 3.40. The topological polar surface area (TPSA) is 0 Å². The van der Waals surface area contributed by atoms with E-state index < -0.39 is 0 Å². The zero-order valence-electron chi connectivity index (χ0n) is 3.12. The Bertz CT molecular complexity index is 47.1. The van der Waals surface area contributed by atoms with Crippen molar-refractivity contribution in [3.63, 3.8) is 0 Å². The molecule has 1 aliphatic carbocycles. The van der Waals surface area contributed by atoms with E-state index in [0.717, 1.165) is 18.4 Å².